The molecule has 0 radical (unpaired) electrons. The predicted molar refractivity (Wildman–Crippen MR) is 72.9 cm³/mol. The first-order valence-electron chi connectivity index (χ1n) is 7.04. The van der Waals surface area contributed by atoms with Crippen LogP contribution in [0.3, 0.4) is 0 Å². The van der Waals surface area contributed by atoms with Crippen LogP contribution < -0.4 is 0 Å². The Hall–Kier alpha value is -2.25. The second kappa shape index (κ2) is 11.4. The van der Waals surface area contributed by atoms with Crippen LogP contribution in [-0.2, 0) is 28.7 Å². The van der Waals surface area contributed by atoms with E-state index in [4.69, 9.17) is 10.2 Å². The van der Waals surface area contributed by atoms with Crippen LogP contribution in [0.4, 0.5) is 0 Å². The molecular formula is C14H20O8. The van der Waals surface area contributed by atoms with E-state index in [0.717, 1.165) is 0 Å². The summed E-state index contributed by atoms with van der Waals surface area (Å²) in [6.45, 7) is 0. The minimum atomic E-state index is -1.23. The van der Waals surface area contributed by atoms with E-state index in [1.165, 1.54) is 0 Å². The Labute approximate surface area is 127 Å². The molecule has 0 aromatic carbocycles. The van der Waals surface area contributed by atoms with Crippen molar-refractivity contribution in [3.8, 4) is 0 Å². The molecule has 0 fully saturated rings. The number of ketones is 1. The number of esters is 2. The quantitative estimate of drug-likeness (QED) is 0.238. The molecule has 0 aromatic heterocycles. The van der Waals surface area contributed by atoms with Crippen molar-refractivity contribution in [2.75, 3.05) is 0 Å². The fourth-order valence-corrected chi connectivity index (χ4v) is 1.60. The number of carbonyl (C=O) groups is 5. The molecule has 8 heteroatoms. The monoisotopic (exact) mass is 316 g/mol. The predicted octanol–water partition coefficient (Wildman–Crippen LogP) is 1.31. The molecule has 0 spiro atoms. The Balaban J connectivity index is 3.75. The van der Waals surface area contributed by atoms with E-state index in [-0.39, 0.29) is 38.5 Å². The van der Waals surface area contributed by atoms with Gasteiger partial charge in [0.05, 0.1) is 0 Å². The molecule has 0 saturated carbocycles. The van der Waals surface area contributed by atoms with Gasteiger partial charge in [-0.25, -0.2) is 4.79 Å². The maximum Gasteiger partial charge on any atom is 0.382 e. The van der Waals surface area contributed by atoms with Crippen LogP contribution in [0.25, 0.3) is 0 Å². The zero-order valence-corrected chi connectivity index (χ0v) is 12.2. The van der Waals surface area contributed by atoms with Crippen molar-refractivity contribution < 1.29 is 38.9 Å². The Kier molecular flexibility index (Phi) is 10.2. The zero-order chi connectivity index (χ0) is 17.0. The van der Waals surface area contributed by atoms with Crippen molar-refractivity contribution in [1.29, 1.82) is 0 Å². The molecule has 0 bridgehead atoms. The van der Waals surface area contributed by atoms with Crippen molar-refractivity contribution in [2.45, 2.75) is 57.8 Å². The number of hydrogen-bond donors (Lipinski definition) is 2. The summed E-state index contributed by atoms with van der Waals surface area (Å²) in [5.41, 5.74) is 0. The first-order valence-corrected chi connectivity index (χ1v) is 7.04. The van der Waals surface area contributed by atoms with Gasteiger partial charge in [-0.15, -0.1) is 0 Å². The van der Waals surface area contributed by atoms with Gasteiger partial charge in [0, 0.05) is 25.7 Å². The number of hydrogen-bond acceptors (Lipinski definition) is 6. The van der Waals surface area contributed by atoms with Crippen LogP contribution in [0.5, 0.6) is 0 Å². The maximum absolute atomic E-state index is 11.3. The molecule has 0 aromatic rings. The van der Waals surface area contributed by atoms with Gasteiger partial charge in [0.25, 0.3) is 0 Å². The molecule has 124 valence electrons. The first kappa shape index (κ1) is 19.8. The summed E-state index contributed by atoms with van der Waals surface area (Å²) >= 11 is 0. The molecule has 0 unspecified atom stereocenters. The van der Waals surface area contributed by atoms with Crippen LogP contribution in [-0.4, -0.2) is 39.9 Å². The van der Waals surface area contributed by atoms with Gasteiger partial charge in [0.1, 0.15) is 0 Å². The van der Waals surface area contributed by atoms with Gasteiger partial charge >= 0.3 is 23.9 Å². The fraction of sp³-hybridized carbons (Fsp3) is 0.643. The first-order chi connectivity index (χ1) is 10.3. The van der Waals surface area contributed by atoms with Crippen molar-refractivity contribution in [3.05, 3.63) is 0 Å². The van der Waals surface area contributed by atoms with Crippen molar-refractivity contribution >= 4 is 29.7 Å². The maximum atomic E-state index is 11.3. The average Bonchev–Trinajstić information content (AvgIpc) is 2.42. The van der Waals surface area contributed by atoms with Crippen molar-refractivity contribution in [3.63, 3.8) is 0 Å². The summed E-state index contributed by atoms with van der Waals surface area (Å²) in [5.74, 6) is -4.80. The van der Waals surface area contributed by atoms with Gasteiger partial charge in [0.15, 0.2) is 0 Å². The molecule has 22 heavy (non-hydrogen) atoms. The smallest absolute Gasteiger partial charge is 0.382 e. The highest BCUT2D eigenvalue weighted by Crippen LogP contribution is 2.06. The average molecular weight is 316 g/mol. The third-order valence-corrected chi connectivity index (χ3v) is 2.75. The molecule has 0 aliphatic carbocycles. The third-order valence-electron chi connectivity index (χ3n) is 2.75. The number of carboxylic acids is 2. The summed E-state index contributed by atoms with van der Waals surface area (Å²) in [4.78, 5) is 54.4. The van der Waals surface area contributed by atoms with Crippen molar-refractivity contribution in [2.24, 2.45) is 0 Å². The molecule has 0 aliphatic heterocycles. The Bertz CT molecular complexity index is 427. The number of unbranched alkanes of at least 4 members (excludes halogenated alkanes) is 3. The van der Waals surface area contributed by atoms with Gasteiger partial charge in [-0.2, -0.15) is 0 Å². The number of Topliss-reactive ketones (excluding diaryl/α,β-unsaturated/α-hetero) is 1. The zero-order valence-electron chi connectivity index (χ0n) is 12.2. The summed E-state index contributed by atoms with van der Waals surface area (Å²) in [6.07, 6.45) is 1.55. The van der Waals surface area contributed by atoms with Crippen LogP contribution >= 0.6 is 0 Å². The standard InChI is InChI=1S/C14H20O8/c15-10(6-4-5-8-12(18)19)14(21)22-13(20)9-3-1-2-7-11(16)17/h1-9H2,(H,16,17)(H,18,19). The Morgan fingerprint density at radius 2 is 1.09 bits per heavy atom. The minimum Gasteiger partial charge on any atom is -0.481 e. The summed E-state index contributed by atoms with van der Waals surface area (Å²) < 4.78 is 4.36. The molecular weight excluding hydrogens is 296 g/mol. The lowest BCUT2D eigenvalue weighted by Crippen LogP contribution is -2.21. The number of aliphatic carboxylic acids is 2. The van der Waals surface area contributed by atoms with Crippen LogP contribution in [0.2, 0.25) is 0 Å². The Morgan fingerprint density at radius 1 is 0.636 bits per heavy atom. The topological polar surface area (TPSA) is 135 Å². The fourth-order valence-electron chi connectivity index (χ4n) is 1.60. The van der Waals surface area contributed by atoms with E-state index in [1.54, 1.807) is 0 Å². The molecule has 8 nitrogen and oxygen atoms in total. The van der Waals surface area contributed by atoms with Crippen LogP contribution in [0, 0.1) is 0 Å². The van der Waals surface area contributed by atoms with Gasteiger partial charge in [-0.3, -0.25) is 19.2 Å². The molecule has 0 rings (SSSR count). The van der Waals surface area contributed by atoms with E-state index >= 15 is 0 Å². The van der Waals surface area contributed by atoms with E-state index in [1.807, 2.05) is 0 Å². The second-order valence-corrected chi connectivity index (χ2v) is 4.74. The summed E-state index contributed by atoms with van der Waals surface area (Å²) in [6, 6.07) is 0. The number of rotatable bonds is 12. The van der Waals surface area contributed by atoms with Crippen molar-refractivity contribution in [1.82, 2.24) is 0 Å². The highest BCUT2D eigenvalue weighted by Gasteiger charge is 2.18. The lowest BCUT2D eigenvalue weighted by molar-refractivity contribution is -0.164. The number of carbonyl (C=O) groups excluding carboxylic acids is 3. The minimum absolute atomic E-state index is 0.0167. The highest BCUT2D eigenvalue weighted by molar-refractivity contribution is 6.35. The molecule has 2 N–H and O–H groups in total. The third kappa shape index (κ3) is 11.6. The summed E-state index contributed by atoms with van der Waals surface area (Å²) in [7, 11) is 0. The highest BCUT2D eigenvalue weighted by atomic mass is 16.6. The normalized spacial score (nSPS) is 10.0. The molecule has 0 atom stereocenters. The number of carboxylic acid groups (broad SMARTS) is 2. The lowest BCUT2D eigenvalue weighted by atomic mass is 10.1. The number of ether oxygens (including phenoxy) is 1. The molecule has 0 heterocycles. The molecule has 0 amide bonds. The SMILES string of the molecule is O=C(O)CCCCCC(=O)OC(=O)C(=O)CCCCC(=O)O. The summed E-state index contributed by atoms with van der Waals surface area (Å²) in [5, 5.41) is 16.8. The molecule has 0 saturated heterocycles. The van der Waals surface area contributed by atoms with Gasteiger partial charge in [0.2, 0.25) is 5.78 Å². The largest absolute Gasteiger partial charge is 0.481 e. The van der Waals surface area contributed by atoms with Gasteiger partial charge in [-0.05, 0) is 25.7 Å². The van der Waals surface area contributed by atoms with Crippen LogP contribution in [0.1, 0.15) is 57.8 Å². The Morgan fingerprint density at radius 3 is 1.64 bits per heavy atom. The van der Waals surface area contributed by atoms with Gasteiger partial charge < -0.3 is 14.9 Å². The molecule has 0 aliphatic rings. The van der Waals surface area contributed by atoms with E-state index in [9.17, 15) is 24.0 Å². The van der Waals surface area contributed by atoms with E-state index < -0.39 is 29.7 Å². The second-order valence-electron chi connectivity index (χ2n) is 4.74. The van der Waals surface area contributed by atoms with E-state index in [2.05, 4.69) is 4.74 Å². The lowest BCUT2D eigenvalue weighted by Gasteiger charge is -2.02. The van der Waals surface area contributed by atoms with Crippen LogP contribution in [0.15, 0.2) is 0 Å². The van der Waals surface area contributed by atoms with Gasteiger partial charge in [-0.1, -0.05) is 6.42 Å². The van der Waals surface area contributed by atoms with E-state index in [0.29, 0.717) is 19.3 Å².